The average molecular weight is 329 g/mol. The predicted molar refractivity (Wildman–Crippen MR) is 75.3 cm³/mol. The molecule has 3 rings (SSSR count). The summed E-state index contributed by atoms with van der Waals surface area (Å²) in [6.07, 6.45) is 1.72. The molecule has 2 fully saturated rings. The fourth-order valence-electron chi connectivity index (χ4n) is 2.98. The van der Waals surface area contributed by atoms with Gasteiger partial charge in [0, 0.05) is 26.2 Å². The Bertz CT molecular complexity index is 521. The van der Waals surface area contributed by atoms with Gasteiger partial charge in [0.15, 0.2) is 0 Å². The largest absolute Gasteiger partial charge is 0.394 e. The van der Waals surface area contributed by atoms with Crippen molar-refractivity contribution in [3.05, 3.63) is 21.0 Å². The summed E-state index contributed by atoms with van der Waals surface area (Å²) < 4.78 is 1.83. The summed E-state index contributed by atoms with van der Waals surface area (Å²) in [7, 11) is 0. The van der Waals surface area contributed by atoms with Gasteiger partial charge in [-0.2, -0.15) is 5.10 Å². The number of anilines is 1. The molecular formula is C12H17BrN4O2. The molecule has 0 radical (unpaired) electrons. The molecule has 3 heterocycles. The minimum absolute atomic E-state index is 0.0851. The number of hydrogen-bond donors (Lipinski definition) is 2. The van der Waals surface area contributed by atoms with E-state index in [1.807, 2.05) is 0 Å². The first-order valence-corrected chi connectivity index (χ1v) is 7.32. The maximum atomic E-state index is 12.1. The van der Waals surface area contributed by atoms with E-state index in [9.17, 15) is 4.79 Å². The molecule has 0 aromatic carbocycles. The minimum atomic E-state index is -0.179. The van der Waals surface area contributed by atoms with Gasteiger partial charge in [-0.15, -0.1) is 0 Å². The summed E-state index contributed by atoms with van der Waals surface area (Å²) in [5, 5.41) is 16.4. The smallest absolute Gasteiger partial charge is 0.283 e. The molecule has 0 bridgehead atoms. The van der Waals surface area contributed by atoms with Crippen LogP contribution in [-0.4, -0.2) is 47.7 Å². The van der Waals surface area contributed by atoms with Crippen molar-refractivity contribution >= 4 is 21.6 Å². The maximum Gasteiger partial charge on any atom is 0.283 e. The second-order valence-corrected chi connectivity index (χ2v) is 5.97. The zero-order valence-electron chi connectivity index (χ0n) is 10.5. The lowest BCUT2D eigenvalue weighted by Crippen LogP contribution is -2.31. The van der Waals surface area contributed by atoms with Crippen LogP contribution in [0.4, 0.5) is 5.69 Å². The second-order valence-electron chi connectivity index (χ2n) is 5.18. The molecule has 1 aromatic rings. The molecule has 1 aromatic heterocycles. The van der Waals surface area contributed by atoms with Gasteiger partial charge in [0.2, 0.25) is 0 Å². The topological polar surface area (TPSA) is 70.4 Å². The van der Waals surface area contributed by atoms with Crippen LogP contribution in [0.2, 0.25) is 0 Å². The van der Waals surface area contributed by atoms with E-state index in [-0.39, 0.29) is 18.7 Å². The Hall–Kier alpha value is -0.920. The van der Waals surface area contributed by atoms with Crippen molar-refractivity contribution in [3.8, 4) is 0 Å². The van der Waals surface area contributed by atoms with Gasteiger partial charge < -0.3 is 15.3 Å². The first-order chi connectivity index (χ1) is 9.20. The zero-order chi connectivity index (χ0) is 13.4. The van der Waals surface area contributed by atoms with Crippen LogP contribution < -0.4 is 15.8 Å². The Balaban J connectivity index is 1.86. The standard InChI is InChI=1S/C12H17BrN4O2/c13-11-10(5-15-17(1-2-18)12(11)19)16-6-8-3-14-4-9(8)7-16/h5,8-9,14,18H,1-4,6-7H2/t8-,9+. The van der Waals surface area contributed by atoms with Gasteiger partial charge in [0.05, 0.1) is 25.0 Å². The summed E-state index contributed by atoms with van der Waals surface area (Å²) >= 11 is 3.38. The third-order valence-electron chi connectivity index (χ3n) is 4.01. The van der Waals surface area contributed by atoms with E-state index in [2.05, 4.69) is 31.2 Å². The molecule has 2 aliphatic heterocycles. The van der Waals surface area contributed by atoms with Crippen LogP contribution in [0.1, 0.15) is 0 Å². The highest BCUT2D eigenvalue weighted by Crippen LogP contribution is 2.32. The summed E-state index contributed by atoms with van der Waals surface area (Å²) in [6.45, 7) is 4.22. The number of hydrogen-bond acceptors (Lipinski definition) is 5. The average Bonchev–Trinajstić information content (AvgIpc) is 2.96. The molecule has 0 spiro atoms. The van der Waals surface area contributed by atoms with E-state index < -0.39 is 0 Å². The number of nitrogens with zero attached hydrogens (tertiary/aromatic N) is 3. The van der Waals surface area contributed by atoms with Crippen molar-refractivity contribution in [2.45, 2.75) is 6.54 Å². The molecule has 7 heteroatoms. The predicted octanol–water partition coefficient (Wildman–Crippen LogP) is -0.346. The van der Waals surface area contributed by atoms with Crippen LogP contribution in [0.25, 0.3) is 0 Å². The van der Waals surface area contributed by atoms with E-state index in [0.717, 1.165) is 31.9 Å². The third-order valence-corrected chi connectivity index (χ3v) is 4.75. The van der Waals surface area contributed by atoms with Crippen LogP contribution in [0, 0.1) is 11.8 Å². The fraction of sp³-hybridized carbons (Fsp3) is 0.667. The van der Waals surface area contributed by atoms with Crippen LogP contribution in [0.15, 0.2) is 15.5 Å². The zero-order valence-corrected chi connectivity index (χ0v) is 12.1. The molecular weight excluding hydrogens is 312 g/mol. The fourth-order valence-corrected chi connectivity index (χ4v) is 3.54. The first kappa shape index (κ1) is 13.1. The quantitative estimate of drug-likeness (QED) is 0.794. The molecule has 2 N–H and O–H groups in total. The van der Waals surface area contributed by atoms with Gasteiger partial charge in [-0.3, -0.25) is 4.79 Å². The van der Waals surface area contributed by atoms with Crippen LogP contribution in [-0.2, 0) is 6.54 Å². The van der Waals surface area contributed by atoms with Crippen molar-refractivity contribution in [1.29, 1.82) is 0 Å². The lowest BCUT2D eigenvalue weighted by atomic mass is 10.0. The van der Waals surface area contributed by atoms with Crippen LogP contribution >= 0.6 is 15.9 Å². The number of aliphatic hydroxyl groups excluding tert-OH is 1. The van der Waals surface area contributed by atoms with Crippen LogP contribution in [0.5, 0.6) is 0 Å². The number of halogens is 1. The van der Waals surface area contributed by atoms with Gasteiger partial charge in [-0.1, -0.05) is 0 Å². The van der Waals surface area contributed by atoms with E-state index >= 15 is 0 Å². The van der Waals surface area contributed by atoms with Gasteiger partial charge in [-0.25, -0.2) is 4.68 Å². The number of aromatic nitrogens is 2. The molecule has 2 aliphatic rings. The molecule has 0 saturated carbocycles. The van der Waals surface area contributed by atoms with E-state index in [1.165, 1.54) is 4.68 Å². The Labute approximate surface area is 119 Å². The van der Waals surface area contributed by atoms with Crippen molar-refractivity contribution in [2.75, 3.05) is 37.7 Å². The Morgan fingerprint density at radius 2 is 2.11 bits per heavy atom. The highest BCUT2D eigenvalue weighted by molar-refractivity contribution is 9.10. The Kier molecular flexibility index (Phi) is 3.60. The lowest BCUT2D eigenvalue weighted by Gasteiger charge is -2.20. The summed E-state index contributed by atoms with van der Waals surface area (Å²) in [5.41, 5.74) is 0.690. The summed E-state index contributed by atoms with van der Waals surface area (Å²) in [4.78, 5) is 14.3. The van der Waals surface area contributed by atoms with Crippen molar-refractivity contribution < 1.29 is 5.11 Å². The number of aliphatic hydroxyl groups is 1. The normalized spacial score (nSPS) is 25.9. The van der Waals surface area contributed by atoms with Crippen molar-refractivity contribution in [1.82, 2.24) is 15.1 Å². The SMILES string of the molecule is O=c1c(Br)c(N2C[C@H]3CNC[C@H]3C2)cnn1CCO. The molecule has 6 nitrogen and oxygen atoms in total. The van der Waals surface area contributed by atoms with Gasteiger partial charge in [0.25, 0.3) is 5.56 Å². The maximum absolute atomic E-state index is 12.1. The van der Waals surface area contributed by atoms with Gasteiger partial charge in [-0.05, 0) is 27.8 Å². The number of rotatable bonds is 3. The summed E-state index contributed by atoms with van der Waals surface area (Å²) in [6, 6.07) is 0. The van der Waals surface area contributed by atoms with Gasteiger partial charge in [0.1, 0.15) is 4.47 Å². The second kappa shape index (κ2) is 5.22. The molecule has 2 atom stereocenters. The lowest BCUT2D eigenvalue weighted by molar-refractivity contribution is 0.266. The van der Waals surface area contributed by atoms with Crippen molar-refractivity contribution in [2.24, 2.45) is 11.8 Å². The summed E-state index contributed by atoms with van der Waals surface area (Å²) in [5.74, 6) is 1.35. The molecule has 19 heavy (non-hydrogen) atoms. The first-order valence-electron chi connectivity index (χ1n) is 6.53. The monoisotopic (exact) mass is 328 g/mol. The number of nitrogens with one attached hydrogen (secondary N) is 1. The van der Waals surface area contributed by atoms with Crippen molar-refractivity contribution in [3.63, 3.8) is 0 Å². The molecule has 2 saturated heterocycles. The minimum Gasteiger partial charge on any atom is -0.394 e. The molecule has 0 aliphatic carbocycles. The van der Waals surface area contributed by atoms with Gasteiger partial charge >= 0.3 is 0 Å². The highest BCUT2D eigenvalue weighted by Gasteiger charge is 2.37. The molecule has 0 unspecified atom stereocenters. The highest BCUT2D eigenvalue weighted by atomic mass is 79.9. The Morgan fingerprint density at radius 1 is 1.42 bits per heavy atom. The molecule has 104 valence electrons. The third kappa shape index (κ3) is 2.30. The van der Waals surface area contributed by atoms with E-state index in [1.54, 1.807) is 6.20 Å². The van der Waals surface area contributed by atoms with Crippen LogP contribution in [0.3, 0.4) is 0 Å². The number of fused-ring (bicyclic) bond motifs is 1. The Morgan fingerprint density at radius 3 is 2.74 bits per heavy atom. The van der Waals surface area contributed by atoms with E-state index in [0.29, 0.717) is 16.3 Å². The molecule has 0 amide bonds. The van der Waals surface area contributed by atoms with E-state index in [4.69, 9.17) is 5.11 Å².